The van der Waals surface area contributed by atoms with E-state index >= 15 is 0 Å². The highest BCUT2D eigenvalue weighted by atomic mass is 16.2. The van der Waals surface area contributed by atoms with Crippen molar-refractivity contribution in [2.24, 2.45) is 17.8 Å². The standard InChI is InChI=1S/C19H36N2O/c1-5-16-6-8-17(9-7-16)14-21-12-10-18(11-13-21)20(4)19(22)15(2)3/h15-18H,5-14H2,1-4H3. The number of hydrogen-bond acceptors (Lipinski definition) is 2. The van der Waals surface area contributed by atoms with Crippen molar-refractivity contribution in [1.82, 2.24) is 9.80 Å². The number of nitrogens with zero attached hydrogens (tertiary/aromatic N) is 2. The number of carbonyl (C=O) groups is 1. The Bertz CT molecular complexity index is 339. The number of carbonyl (C=O) groups excluding carboxylic acids is 1. The first-order valence-electron chi connectivity index (χ1n) is 9.50. The maximum atomic E-state index is 12.1. The number of likely N-dealkylation sites (tertiary alicyclic amines) is 1. The second-order valence-corrected chi connectivity index (χ2v) is 7.93. The van der Waals surface area contributed by atoms with Gasteiger partial charge in [-0.3, -0.25) is 4.79 Å². The average molecular weight is 309 g/mol. The maximum absolute atomic E-state index is 12.1. The van der Waals surface area contributed by atoms with Crippen LogP contribution in [0, 0.1) is 17.8 Å². The molecule has 2 aliphatic rings. The monoisotopic (exact) mass is 308 g/mol. The summed E-state index contributed by atoms with van der Waals surface area (Å²) in [5.74, 6) is 2.35. The van der Waals surface area contributed by atoms with E-state index in [0.29, 0.717) is 11.9 Å². The van der Waals surface area contributed by atoms with Crippen LogP contribution < -0.4 is 0 Å². The summed E-state index contributed by atoms with van der Waals surface area (Å²) in [7, 11) is 1.99. The van der Waals surface area contributed by atoms with Crippen LogP contribution in [0.5, 0.6) is 0 Å². The molecule has 1 saturated carbocycles. The smallest absolute Gasteiger partial charge is 0.225 e. The van der Waals surface area contributed by atoms with Gasteiger partial charge in [-0.05, 0) is 37.5 Å². The molecule has 3 nitrogen and oxygen atoms in total. The van der Waals surface area contributed by atoms with Gasteiger partial charge in [0.25, 0.3) is 0 Å². The predicted octanol–water partition coefficient (Wildman–Crippen LogP) is 3.78. The zero-order valence-corrected chi connectivity index (χ0v) is 15.2. The van der Waals surface area contributed by atoms with Crippen molar-refractivity contribution < 1.29 is 4.79 Å². The summed E-state index contributed by atoms with van der Waals surface area (Å²) in [6, 6.07) is 0.460. The van der Waals surface area contributed by atoms with Gasteiger partial charge in [-0.15, -0.1) is 0 Å². The summed E-state index contributed by atoms with van der Waals surface area (Å²) >= 11 is 0. The molecule has 1 aliphatic heterocycles. The molecule has 0 bridgehead atoms. The first-order chi connectivity index (χ1) is 10.5. The fourth-order valence-electron chi connectivity index (χ4n) is 4.26. The van der Waals surface area contributed by atoms with Crippen LogP contribution in [-0.2, 0) is 4.79 Å². The Labute approximate surface area is 137 Å². The molecule has 2 fully saturated rings. The van der Waals surface area contributed by atoms with E-state index in [1.807, 2.05) is 25.8 Å². The van der Waals surface area contributed by atoms with Gasteiger partial charge in [-0.2, -0.15) is 0 Å². The lowest BCUT2D eigenvalue weighted by molar-refractivity contribution is -0.136. The van der Waals surface area contributed by atoms with Crippen molar-refractivity contribution in [2.75, 3.05) is 26.7 Å². The van der Waals surface area contributed by atoms with E-state index in [9.17, 15) is 4.79 Å². The Balaban J connectivity index is 1.70. The zero-order valence-electron chi connectivity index (χ0n) is 15.2. The van der Waals surface area contributed by atoms with Gasteiger partial charge in [0, 0.05) is 38.6 Å². The molecular formula is C19H36N2O. The molecule has 0 spiro atoms. The van der Waals surface area contributed by atoms with E-state index < -0.39 is 0 Å². The third-order valence-corrected chi connectivity index (χ3v) is 6.01. The number of rotatable bonds is 5. The van der Waals surface area contributed by atoms with E-state index in [2.05, 4.69) is 11.8 Å². The average Bonchev–Trinajstić information content (AvgIpc) is 2.55. The summed E-state index contributed by atoms with van der Waals surface area (Å²) in [5, 5.41) is 0. The van der Waals surface area contributed by atoms with Gasteiger partial charge in [0.2, 0.25) is 5.91 Å². The number of amides is 1. The van der Waals surface area contributed by atoms with Gasteiger partial charge >= 0.3 is 0 Å². The minimum atomic E-state index is 0.122. The van der Waals surface area contributed by atoms with Crippen LogP contribution in [0.4, 0.5) is 0 Å². The van der Waals surface area contributed by atoms with E-state index in [4.69, 9.17) is 0 Å². The van der Waals surface area contributed by atoms with Crippen molar-refractivity contribution in [2.45, 2.75) is 71.8 Å². The van der Waals surface area contributed by atoms with Crippen molar-refractivity contribution in [3.63, 3.8) is 0 Å². The number of hydrogen-bond donors (Lipinski definition) is 0. The normalized spacial score (nSPS) is 28.0. The fourth-order valence-corrected chi connectivity index (χ4v) is 4.26. The van der Waals surface area contributed by atoms with Crippen molar-refractivity contribution >= 4 is 5.91 Å². The molecule has 1 amide bonds. The summed E-state index contributed by atoms with van der Waals surface area (Å²) in [6.07, 6.45) is 9.44. The SMILES string of the molecule is CCC1CCC(CN2CCC(N(C)C(=O)C(C)C)CC2)CC1. The molecule has 3 heteroatoms. The highest BCUT2D eigenvalue weighted by Gasteiger charge is 2.28. The molecule has 0 aromatic heterocycles. The van der Waals surface area contributed by atoms with Crippen molar-refractivity contribution in [3.05, 3.63) is 0 Å². The quantitative estimate of drug-likeness (QED) is 0.771. The van der Waals surface area contributed by atoms with Crippen LogP contribution in [0.1, 0.15) is 65.7 Å². The van der Waals surface area contributed by atoms with Crippen LogP contribution in [0.15, 0.2) is 0 Å². The van der Waals surface area contributed by atoms with Crippen LogP contribution >= 0.6 is 0 Å². The first-order valence-corrected chi connectivity index (χ1v) is 9.50. The van der Waals surface area contributed by atoms with Gasteiger partial charge in [0.05, 0.1) is 0 Å². The molecule has 128 valence electrons. The second-order valence-electron chi connectivity index (χ2n) is 7.93. The highest BCUT2D eigenvalue weighted by molar-refractivity contribution is 5.78. The van der Waals surface area contributed by atoms with E-state index in [0.717, 1.165) is 24.7 Å². The Morgan fingerprint density at radius 1 is 1.05 bits per heavy atom. The Morgan fingerprint density at radius 2 is 1.59 bits per heavy atom. The third-order valence-electron chi connectivity index (χ3n) is 6.01. The maximum Gasteiger partial charge on any atom is 0.225 e. The van der Waals surface area contributed by atoms with Gasteiger partial charge in [-0.25, -0.2) is 0 Å². The van der Waals surface area contributed by atoms with Gasteiger partial charge in [-0.1, -0.05) is 40.0 Å². The lowest BCUT2D eigenvalue weighted by Gasteiger charge is -2.39. The lowest BCUT2D eigenvalue weighted by Crippen LogP contribution is -2.47. The summed E-state index contributed by atoms with van der Waals surface area (Å²) in [6.45, 7) is 9.99. The van der Waals surface area contributed by atoms with Crippen LogP contribution in [0.25, 0.3) is 0 Å². The largest absolute Gasteiger partial charge is 0.342 e. The molecule has 22 heavy (non-hydrogen) atoms. The summed E-state index contributed by atoms with van der Waals surface area (Å²) in [5.41, 5.74) is 0. The van der Waals surface area contributed by atoms with Crippen LogP contribution in [-0.4, -0.2) is 48.4 Å². The second kappa shape index (κ2) is 8.33. The molecule has 1 aliphatic carbocycles. The van der Waals surface area contributed by atoms with Crippen LogP contribution in [0.3, 0.4) is 0 Å². The van der Waals surface area contributed by atoms with Gasteiger partial charge in [0.15, 0.2) is 0 Å². The molecule has 0 unspecified atom stereocenters. The molecule has 2 rings (SSSR count). The van der Waals surface area contributed by atoms with Gasteiger partial charge in [0.1, 0.15) is 0 Å². The minimum Gasteiger partial charge on any atom is -0.342 e. The zero-order chi connectivity index (χ0) is 16.1. The van der Waals surface area contributed by atoms with Gasteiger partial charge < -0.3 is 9.80 Å². The molecule has 0 radical (unpaired) electrons. The summed E-state index contributed by atoms with van der Waals surface area (Å²) in [4.78, 5) is 16.8. The van der Waals surface area contributed by atoms with Crippen LogP contribution in [0.2, 0.25) is 0 Å². The highest BCUT2D eigenvalue weighted by Crippen LogP contribution is 2.31. The Hall–Kier alpha value is -0.570. The Morgan fingerprint density at radius 3 is 2.09 bits per heavy atom. The Kier molecular flexibility index (Phi) is 6.73. The summed E-state index contributed by atoms with van der Waals surface area (Å²) < 4.78 is 0. The molecule has 0 atom stereocenters. The molecule has 0 aromatic carbocycles. The van der Waals surface area contributed by atoms with E-state index in [1.54, 1.807) is 0 Å². The molecule has 0 N–H and O–H groups in total. The number of piperidine rings is 1. The van der Waals surface area contributed by atoms with Crippen molar-refractivity contribution in [1.29, 1.82) is 0 Å². The topological polar surface area (TPSA) is 23.6 Å². The first kappa shape index (κ1) is 17.8. The van der Waals surface area contributed by atoms with Crippen molar-refractivity contribution in [3.8, 4) is 0 Å². The lowest BCUT2D eigenvalue weighted by atomic mass is 9.80. The molecular weight excluding hydrogens is 272 g/mol. The molecule has 1 heterocycles. The molecule has 1 saturated heterocycles. The molecule has 0 aromatic rings. The third kappa shape index (κ3) is 4.71. The van der Waals surface area contributed by atoms with E-state index in [-0.39, 0.29) is 5.92 Å². The fraction of sp³-hybridized carbons (Fsp3) is 0.947. The van der Waals surface area contributed by atoms with E-state index in [1.165, 1.54) is 51.7 Å². The minimum absolute atomic E-state index is 0.122. The predicted molar refractivity (Wildman–Crippen MR) is 92.8 cm³/mol.